The van der Waals surface area contributed by atoms with E-state index in [0.29, 0.717) is 11.1 Å². The van der Waals surface area contributed by atoms with Crippen LogP contribution in [0.4, 0.5) is 4.39 Å². The molecule has 0 aromatic heterocycles. The number of ether oxygens (including phenoxy) is 1. The number of rotatable bonds is 5. The largest absolute Gasteiger partial charge is 0.488 e. The van der Waals surface area contributed by atoms with Gasteiger partial charge in [0.1, 0.15) is 18.2 Å². The van der Waals surface area contributed by atoms with Gasteiger partial charge < -0.3 is 10.1 Å². The molecule has 0 spiro atoms. The molecule has 0 unspecified atom stereocenters. The molecule has 0 fully saturated rings. The minimum Gasteiger partial charge on any atom is -0.488 e. The van der Waals surface area contributed by atoms with Crippen molar-refractivity contribution in [3.63, 3.8) is 0 Å². The van der Waals surface area contributed by atoms with E-state index in [1.165, 1.54) is 6.07 Å². The summed E-state index contributed by atoms with van der Waals surface area (Å²) in [5.74, 6) is 0.587. The van der Waals surface area contributed by atoms with Gasteiger partial charge in [0.15, 0.2) is 0 Å². The first kappa shape index (κ1) is 15.0. The van der Waals surface area contributed by atoms with E-state index in [1.54, 1.807) is 6.07 Å². The number of hydrogen-bond donors (Lipinski definition) is 1. The monoisotopic (exact) mass is 337 g/mol. The molecule has 0 aliphatic rings. The molecule has 1 N–H and O–H groups in total. The molecule has 0 heterocycles. The van der Waals surface area contributed by atoms with Gasteiger partial charge in [0, 0.05) is 17.7 Å². The first-order valence-electron chi connectivity index (χ1n) is 6.42. The molecule has 0 bridgehead atoms. The number of halogens is 2. The Bertz CT molecular complexity index is 601. The molecule has 0 saturated carbocycles. The Morgan fingerprint density at radius 1 is 1.15 bits per heavy atom. The van der Waals surface area contributed by atoms with E-state index in [2.05, 4.69) is 21.2 Å². The fourth-order valence-electron chi connectivity index (χ4n) is 2.06. The van der Waals surface area contributed by atoms with Crippen LogP contribution in [0.25, 0.3) is 0 Å². The van der Waals surface area contributed by atoms with Crippen LogP contribution in [0.2, 0.25) is 0 Å². The van der Waals surface area contributed by atoms with Crippen LogP contribution in [0, 0.1) is 12.7 Å². The van der Waals surface area contributed by atoms with Gasteiger partial charge in [-0.25, -0.2) is 4.39 Å². The molecule has 0 amide bonds. The molecular formula is C16H17BrFNO. The minimum absolute atomic E-state index is 0.272. The lowest BCUT2D eigenvalue weighted by Gasteiger charge is -2.15. The highest BCUT2D eigenvalue weighted by Crippen LogP contribution is 2.26. The summed E-state index contributed by atoms with van der Waals surface area (Å²) in [6.07, 6.45) is 0. The van der Waals surface area contributed by atoms with Crippen LogP contribution in [0.1, 0.15) is 16.7 Å². The molecule has 0 aliphatic carbocycles. The predicted molar refractivity (Wildman–Crippen MR) is 82.4 cm³/mol. The second-order valence-corrected chi connectivity index (χ2v) is 5.39. The van der Waals surface area contributed by atoms with E-state index < -0.39 is 0 Å². The van der Waals surface area contributed by atoms with E-state index in [9.17, 15) is 4.39 Å². The quantitative estimate of drug-likeness (QED) is 0.882. The van der Waals surface area contributed by atoms with Crippen LogP contribution in [-0.2, 0) is 13.2 Å². The molecule has 0 aliphatic heterocycles. The molecule has 0 radical (unpaired) electrons. The molecule has 20 heavy (non-hydrogen) atoms. The van der Waals surface area contributed by atoms with Crippen molar-refractivity contribution in [2.75, 3.05) is 7.05 Å². The zero-order valence-corrected chi connectivity index (χ0v) is 13.1. The van der Waals surface area contributed by atoms with Crippen molar-refractivity contribution in [2.24, 2.45) is 0 Å². The fraction of sp³-hybridized carbons (Fsp3) is 0.250. The Balaban J connectivity index is 2.20. The van der Waals surface area contributed by atoms with Crippen molar-refractivity contribution in [1.82, 2.24) is 5.32 Å². The third-order valence-corrected chi connectivity index (χ3v) is 3.95. The third kappa shape index (κ3) is 3.38. The van der Waals surface area contributed by atoms with E-state index >= 15 is 0 Å². The summed E-state index contributed by atoms with van der Waals surface area (Å²) in [5, 5.41) is 3.12. The van der Waals surface area contributed by atoms with Crippen molar-refractivity contribution in [3.05, 3.63) is 63.4 Å². The Labute approximate surface area is 127 Å². The molecule has 0 saturated heterocycles. The minimum atomic E-state index is -0.272. The summed E-state index contributed by atoms with van der Waals surface area (Å²) in [4.78, 5) is 0. The molecule has 2 rings (SSSR count). The smallest absolute Gasteiger partial charge is 0.137 e. The third-order valence-electron chi connectivity index (χ3n) is 3.06. The first-order valence-corrected chi connectivity index (χ1v) is 7.21. The molecule has 106 valence electrons. The number of benzene rings is 2. The van der Waals surface area contributed by atoms with Gasteiger partial charge in [0.2, 0.25) is 0 Å². The topological polar surface area (TPSA) is 21.3 Å². The molecule has 2 nitrogen and oxygen atoms in total. The Morgan fingerprint density at radius 2 is 1.85 bits per heavy atom. The van der Waals surface area contributed by atoms with Crippen LogP contribution in [-0.4, -0.2) is 7.05 Å². The fourth-order valence-corrected chi connectivity index (χ4v) is 2.44. The molecule has 4 heteroatoms. The summed E-state index contributed by atoms with van der Waals surface area (Å²) in [6, 6.07) is 11.0. The van der Waals surface area contributed by atoms with Crippen molar-refractivity contribution >= 4 is 15.9 Å². The van der Waals surface area contributed by atoms with Gasteiger partial charge in [-0.1, -0.05) is 30.3 Å². The Morgan fingerprint density at radius 3 is 2.60 bits per heavy atom. The second kappa shape index (κ2) is 6.86. The molecule has 2 aromatic rings. The summed E-state index contributed by atoms with van der Waals surface area (Å²) < 4.78 is 19.8. The normalized spacial score (nSPS) is 10.6. The van der Waals surface area contributed by atoms with Gasteiger partial charge in [-0.15, -0.1) is 0 Å². The predicted octanol–water partition coefficient (Wildman–Crippen LogP) is 4.20. The first-order chi connectivity index (χ1) is 9.63. The standard InChI is InChI=1S/C16H17BrFNO/c1-11-5-3-6-12(9-19-2)16(11)20-10-13-7-4-8-14(18)15(13)17/h3-8,19H,9-10H2,1-2H3. The number of nitrogens with one attached hydrogen (secondary N) is 1. The van der Waals surface area contributed by atoms with Crippen molar-refractivity contribution in [3.8, 4) is 5.75 Å². The summed E-state index contributed by atoms with van der Waals surface area (Å²) in [7, 11) is 1.90. The van der Waals surface area contributed by atoms with E-state index in [4.69, 9.17) is 4.74 Å². The maximum absolute atomic E-state index is 13.5. The highest BCUT2D eigenvalue weighted by atomic mass is 79.9. The van der Waals surface area contributed by atoms with Crippen LogP contribution in [0.15, 0.2) is 40.9 Å². The zero-order chi connectivity index (χ0) is 14.5. The number of para-hydroxylation sites is 1. The lowest BCUT2D eigenvalue weighted by atomic mass is 10.1. The van der Waals surface area contributed by atoms with Crippen LogP contribution < -0.4 is 10.1 Å². The lowest BCUT2D eigenvalue weighted by Crippen LogP contribution is -2.08. The number of aryl methyl sites for hydroxylation is 1. The maximum Gasteiger partial charge on any atom is 0.137 e. The highest BCUT2D eigenvalue weighted by Gasteiger charge is 2.09. The summed E-state index contributed by atoms with van der Waals surface area (Å²) in [5.41, 5.74) is 2.97. The molecular weight excluding hydrogens is 321 g/mol. The molecule has 2 aromatic carbocycles. The van der Waals surface area contributed by atoms with Gasteiger partial charge in [-0.05, 0) is 41.5 Å². The average Bonchev–Trinajstić information content (AvgIpc) is 2.43. The Kier molecular flexibility index (Phi) is 5.15. The maximum atomic E-state index is 13.5. The van der Waals surface area contributed by atoms with Crippen molar-refractivity contribution < 1.29 is 9.13 Å². The van der Waals surface area contributed by atoms with Gasteiger partial charge in [0.25, 0.3) is 0 Å². The van der Waals surface area contributed by atoms with Crippen molar-refractivity contribution in [1.29, 1.82) is 0 Å². The zero-order valence-electron chi connectivity index (χ0n) is 11.5. The van der Waals surface area contributed by atoms with Crippen LogP contribution in [0.5, 0.6) is 5.75 Å². The second-order valence-electron chi connectivity index (χ2n) is 4.60. The summed E-state index contributed by atoms with van der Waals surface area (Å²) in [6.45, 7) is 3.08. The lowest BCUT2D eigenvalue weighted by molar-refractivity contribution is 0.298. The SMILES string of the molecule is CNCc1cccc(C)c1OCc1cccc(F)c1Br. The van der Waals surface area contributed by atoms with Crippen molar-refractivity contribution in [2.45, 2.75) is 20.1 Å². The highest BCUT2D eigenvalue weighted by molar-refractivity contribution is 9.10. The van der Waals surface area contributed by atoms with Gasteiger partial charge >= 0.3 is 0 Å². The molecule has 0 atom stereocenters. The van der Waals surface area contributed by atoms with Gasteiger partial charge in [-0.2, -0.15) is 0 Å². The van der Waals surface area contributed by atoms with E-state index in [1.807, 2.05) is 38.2 Å². The Hall–Kier alpha value is -1.39. The average molecular weight is 338 g/mol. The van der Waals surface area contributed by atoms with Crippen LogP contribution >= 0.6 is 15.9 Å². The van der Waals surface area contributed by atoms with E-state index in [-0.39, 0.29) is 5.82 Å². The van der Waals surface area contributed by atoms with Gasteiger partial charge in [-0.3, -0.25) is 0 Å². The summed E-state index contributed by atoms with van der Waals surface area (Å²) >= 11 is 3.25. The van der Waals surface area contributed by atoms with Crippen LogP contribution in [0.3, 0.4) is 0 Å². The van der Waals surface area contributed by atoms with E-state index in [0.717, 1.165) is 29.0 Å². The van der Waals surface area contributed by atoms with Gasteiger partial charge in [0.05, 0.1) is 4.47 Å². The number of hydrogen-bond acceptors (Lipinski definition) is 2.